The number of rotatable bonds is 5. The summed E-state index contributed by atoms with van der Waals surface area (Å²) >= 11 is 0. The Bertz CT molecular complexity index is 327. The van der Waals surface area contributed by atoms with Crippen LogP contribution in [0, 0.1) is 5.41 Å². The van der Waals surface area contributed by atoms with Crippen molar-refractivity contribution < 1.29 is 9.84 Å². The Morgan fingerprint density at radius 1 is 1.24 bits per heavy atom. The van der Waals surface area contributed by atoms with Gasteiger partial charge in [0.2, 0.25) is 0 Å². The van der Waals surface area contributed by atoms with Crippen LogP contribution in [-0.2, 0) is 0 Å². The Morgan fingerprint density at radius 2 is 1.82 bits per heavy atom. The van der Waals surface area contributed by atoms with Gasteiger partial charge in [0.15, 0.2) is 0 Å². The van der Waals surface area contributed by atoms with Crippen LogP contribution < -0.4 is 10.1 Å². The number of aliphatic hydroxyl groups is 1. The number of nitrogens with one attached hydrogen (secondary N) is 1. The summed E-state index contributed by atoms with van der Waals surface area (Å²) in [4.78, 5) is 0. The third-order valence-corrected chi connectivity index (χ3v) is 2.49. The molecule has 0 spiro atoms. The molecule has 17 heavy (non-hydrogen) atoms. The molecule has 1 rings (SSSR count). The van der Waals surface area contributed by atoms with Crippen LogP contribution in [0.5, 0.6) is 5.75 Å². The highest BCUT2D eigenvalue weighted by atomic mass is 16.5. The van der Waals surface area contributed by atoms with Gasteiger partial charge in [-0.25, -0.2) is 0 Å². The van der Waals surface area contributed by atoms with Gasteiger partial charge in [-0.15, -0.1) is 0 Å². The second kappa shape index (κ2) is 6.03. The van der Waals surface area contributed by atoms with Crippen molar-refractivity contribution in [2.45, 2.75) is 26.9 Å². The SMILES string of the molecule is COc1ccc(C(O)CNCC(C)(C)C)cc1. The average molecular weight is 237 g/mol. The van der Waals surface area contributed by atoms with Crippen LogP contribution in [-0.4, -0.2) is 25.3 Å². The number of hydrogen-bond donors (Lipinski definition) is 2. The molecular formula is C14H23NO2. The molecule has 2 N–H and O–H groups in total. The minimum absolute atomic E-state index is 0.236. The quantitative estimate of drug-likeness (QED) is 0.826. The molecular weight excluding hydrogens is 214 g/mol. The van der Waals surface area contributed by atoms with E-state index in [0.29, 0.717) is 6.54 Å². The molecule has 0 aliphatic heterocycles. The molecule has 1 aromatic carbocycles. The summed E-state index contributed by atoms with van der Waals surface area (Å²) in [5, 5.41) is 13.2. The normalized spacial score (nSPS) is 13.5. The van der Waals surface area contributed by atoms with Crippen molar-refractivity contribution in [1.29, 1.82) is 0 Å². The fourth-order valence-electron chi connectivity index (χ4n) is 1.53. The fourth-order valence-corrected chi connectivity index (χ4v) is 1.53. The average Bonchev–Trinajstić information content (AvgIpc) is 2.27. The summed E-state index contributed by atoms with van der Waals surface area (Å²) in [6.45, 7) is 7.96. The van der Waals surface area contributed by atoms with Crippen molar-refractivity contribution in [1.82, 2.24) is 5.32 Å². The first-order valence-electron chi connectivity index (χ1n) is 5.95. The molecule has 1 atom stereocenters. The second-order valence-corrected chi connectivity index (χ2v) is 5.48. The predicted molar refractivity (Wildman–Crippen MR) is 70.3 cm³/mol. The van der Waals surface area contributed by atoms with Crippen LogP contribution in [0.4, 0.5) is 0 Å². The molecule has 0 aliphatic carbocycles. The fraction of sp³-hybridized carbons (Fsp3) is 0.571. The maximum Gasteiger partial charge on any atom is 0.118 e. The molecule has 0 aliphatic rings. The van der Waals surface area contributed by atoms with Gasteiger partial charge in [0, 0.05) is 13.1 Å². The summed E-state index contributed by atoms with van der Waals surface area (Å²) < 4.78 is 5.08. The van der Waals surface area contributed by atoms with E-state index in [0.717, 1.165) is 17.9 Å². The van der Waals surface area contributed by atoms with Crippen LogP contribution in [0.25, 0.3) is 0 Å². The van der Waals surface area contributed by atoms with Gasteiger partial charge >= 0.3 is 0 Å². The molecule has 1 aromatic rings. The van der Waals surface area contributed by atoms with Gasteiger partial charge in [0.05, 0.1) is 13.2 Å². The molecule has 3 heteroatoms. The Morgan fingerprint density at radius 3 is 2.29 bits per heavy atom. The molecule has 0 heterocycles. The monoisotopic (exact) mass is 237 g/mol. The van der Waals surface area contributed by atoms with Gasteiger partial charge in [-0.05, 0) is 23.1 Å². The second-order valence-electron chi connectivity index (χ2n) is 5.48. The molecule has 0 bridgehead atoms. The number of methoxy groups -OCH3 is 1. The lowest BCUT2D eigenvalue weighted by atomic mass is 9.97. The van der Waals surface area contributed by atoms with Crippen molar-refractivity contribution in [3.05, 3.63) is 29.8 Å². The zero-order chi connectivity index (χ0) is 12.9. The maximum atomic E-state index is 9.98. The molecule has 0 saturated carbocycles. The highest BCUT2D eigenvalue weighted by Crippen LogP contribution is 2.17. The molecule has 96 valence electrons. The number of hydrogen-bond acceptors (Lipinski definition) is 3. The lowest BCUT2D eigenvalue weighted by Crippen LogP contribution is -2.30. The summed E-state index contributed by atoms with van der Waals surface area (Å²) in [5.41, 5.74) is 1.15. The first-order chi connectivity index (χ1) is 7.92. The number of ether oxygens (including phenoxy) is 1. The molecule has 0 aromatic heterocycles. The Balaban J connectivity index is 2.43. The summed E-state index contributed by atoms with van der Waals surface area (Å²) in [6, 6.07) is 7.51. The van der Waals surface area contributed by atoms with Crippen LogP contribution in [0.15, 0.2) is 24.3 Å². The van der Waals surface area contributed by atoms with Crippen LogP contribution in [0.2, 0.25) is 0 Å². The minimum atomic E-state index is -0.469. The van der Waals surface area contributed by atoms with Gasteiger partial charge in [0.25, 0.3) is 0 Å². The standard InChI is InChI=1S/C14H23NO2/c1-14(2,3)10-15-9-13(16)11-5-7-12(17-4)8-6-11/h5-8,13,15-16H,9-10H2,1-4H3. The summed E-state index contributed by atoms with van der Waals surface area (Å²) in [6.07, 6.45) is -0.469. The van der Waals surface area contributed by atoms with Crippen LogP contribution in [0.1, 0.15) is 32.4 Å². The van der Waals surface area contributed by atoms with E-state index < -0.39 is 6.10 Å². The van der Waals surface area contributed by atoms with Crippen molar-refractivity contribution in [3.8, 4) is 5.75 Å². The molecule has 0 amide bonds. The lowest BCUT2D eigenvalue weighted by molar-refractivity contribution is 0.169. The van der Waals surface area contributed by atoms with E-state index >= 15 is 0 Å². The van der Waals surface area contributed by atoms with Crippen molar-refractivity contribution >= 4 is 0 Å². The highest BCUT2D eigenvalue weighted by Gasteiger charge is 2.12. The zero-order valence-corrected chi connectivity index (χ0v) is 11.2. The Hall–Kier alpha value is -1.06. The number of benzene rings is 1. The largest absolute Gasteiger partial charge is 0.497 e. The molecule has 0 radical (unpaired) electrons. The highest BCUT2D eigenvalue weighted by molar-refractivity contribution is 5.28. The van der Waals surface area contributed by atoms with E-state index in [-0.39, 0.29) is 5.41 Å². The van der Waals surface area contributed by atoms with E-state index in [1.165, 1.54) is 0 Å². The zero-order valence-electron chi connectivity index (χ0n) is 11.2. The van der Waals surface area contributed by atoms with Crippen LogP contribution in [0.3, 0.4) is 0 Å². The third kappa shape index (κ3) is 5.20. The topological polar surface area (TPSA) is 41.5 Å². The van der Waals surface area contributed by atoms with Gasteiger partial charge in [-0.1, -0.05) is 32.9 Å². The predicted octanol–water partition coefficient (Wildman–Crippen LogP) is 2.36. The molecule has 1 unspecified atom stereocenters. The molecule has 3 nitrogen and oxygen atoms in total. The lowest BCUT2D eigenvalue weighted by Gasteiger charge is -2.20. The van der Waals surface area contributed by atoms with E-state index in [9.17, 15) is 5.11 Å². The van der Waals surface area contributed by atoms with E-state index in [4.69, 9.17) is 4.74 Å². The van der Waals surface area contributed by atoms with Crippen LogP contribution >= 0.6 is 0 Å². The van der Waals surface area contributed by atoms with E-state index in [2.05, 4.69) is 26.1 Å². The minimum Gasteiger partial charge on any atom is -0.497 e. The van der Waals surface area contributed by atoms with Gasteiger partial charge in [0.1, 0.15) is 5.75 Å². The first-order valence-corrected chi connectivity index (χ1v) is 5.95. The summed E-state index contributed by atoms with van der Waals surface area (Å²) in [5.74, 6) is 0.809. The van der Waals surface area contributed by atoms with Crippen molar-refractivity contribution in [2.75, 3.05) is 20.2 Å². The van der Waals surface area contributed by atoms with Gasteiger partial charge in [-0.3, -0.25) is 0 Å². The number of aliphatic hydroxyl groups excluding tert-OH is 1. The van der Waals surface area contributed by atoms with E-state index in [1.807, 2.05) is 24.3 Å². The van der Waals surface area contributed by atoms with Gasteiger partial charge in [-0.2, -0.15) is 0 Å². The van der Waals surface area contributed by atoms with Gasteiger partial charge < -0.3 is 15.2 Å². The first kappa shape index (κ1) is 14.0. The Labute approximate surface area is 104 Å². The summed E-state index contributed by atoms with van der Waals surface area (Å²) in [7, 11) is 1.64. The smallest absolute Gasteiger partial charge is 0.118 e. The third-order valence-electron chi connectivity index (χ3n) is 2.49. The Kier molecular flexibility index (Phi) is 4.97. The van der Waals surface area contributed by atoms with E-state index in [1.54, 1.807) is 7.11 Å². The molecule has 0 saturated heterocycles. The molecule has 0 fully saturated rings. The van der Waals surface area contributed by atoms with Crippen molar-refractivity contribution in [3.63, 3.8) is 0 Å². The maximum absolute atomic E-state index is 9.98. The van der Waals surface area contributed by atoms with Crippen molar-refractivity contribution in [2.24, 2.45) is 5.41 Å².